The fourth-order valence-corrected chi connectivity index (χ4v) is 2.46. The average molecular weight is 263 g/mol. The molecule has 0 saturated carbocycles. The van der Waals surface area contributed by atoms with Gasteiger partial charge in [-0.1, -0.05) is 0 Å². The van der Waals surface area contributed by atoms with Crippen molar-refractivity contribution < 1.29 is 9.53 Å². The topological polar surface area (TPSA) is 54.5 Å². The summed E-state index contributed by atoms with van der Waals surface area (Å²) in [6, 6.07) is 3.81. The molecule has 5 nitrogen and oxygen atoms in total. The van der Waals surface area contributed by atoms with Crippen LogP contribution in [0.3, 0.4) is 0 Å². The van der Waals surface area contributed by atoms with E-state index in [2.05, 4.69) is 10.3 Å². The van der Waals surface area contributed by atoms with Crippen LogP contribution in [-0.4, -0.2) is 49.1 Å². The van der Waals surface area contributed by atoms with Gasteiger partial charge in [0.2, 0.25) is 5.88 Å². The maximum Gasteiger partial charge on any atom is 0.259 e. The fourth-order valence-electron chi connectivity index (χ4n) is 2.46. The maximum atomic E-state index is 12.5. The van der Waals surface area contributed by atoms with Crippen molar-refractivity contribution in [2.45, 2.75) is 25.3 Å². The largest absolute Gasteiger partial charge is 0.480 e. The summed E-state index contributed by atoms with van der Waals surface area (Å²) >= 11 is 0. The number of nitrogens with zero attached hydrogens (tertiary/aromatic N) is 2. The average Bonchev–Trinajstić information content (AvgIpc) is 2.74. The number of carbonyl (C=O) groups excluding carboxylic acids is 1. The maximum absolute atomic E-state index is 12.5. The van der Waals surface area contributed by atoms with Crippen molar-refractivity contribution in [1.82, 2.24) is 15.2 Å². The van der Waals surface area contributed by atoms with E-state index in [4.69, 9.17) is 4.74 Å². The lowest BCUT2D eigenvalue weighted by Crippen LogP contribution is -2.37. The van der Waals surface area contributed by atoms with Gasteiger partial charge in [0.15, 0.2) is 0 Å². The molecular weight excluding hydrogens is 242 g/mol. The zero-order valence-electron chi connectivity index (χ0n) is 11.6. The van der Waals surface area contributed by atoms with Crippen LogP contribution in [0.2, 0.25) is 0 Å². The summed E-state index contributed by atoms with van der Waals surface area (Å²) in [5, 5.41) is 3.36. The van der Waals surface area contributed by atoms with Crippen LogP contribution in [0.15, 0.2) is 18.3 Å². The number of hydrogen-bond donors (Lipinski definition) is 1. The molecule has 1 aliphatic rings. The smallest absolute Gasteiger partial charge is 0.259 e. The number of carbonyl (C=O) groups is 1. The SMILES string of the molecule is COc1ncccc1C(=O)N(C)C1CCCNCC1. The monoisotopic (exact) mass is 263 g/mol. The Labute approximate surface area is 114 Å². The van der Waals surface area contributed by atoms with Crippen molar-refractivity contribution >= 4 is 5.91 Å². The van der Waals surface area contributed by atoms with Gasteiger partial charge in [-0.05, 0) is 44.5 Å². The molecule has 1 saturated heterocycles. The van der Waals surface area contributed by atoms with Gasteiger partial charge < -0.3 is 15.0 Å². The number of rotatable bonds is 3. The quantitative estimate of drug-likeness (QED) is 0.893. The molecule has 1 fully saturated rings. The molecule has 1 unspecified atom stereocenters. The van der Waals surface area contributed by atoms with Crippen molar-refractivity contribution in [3.05, 3.63) is 23.9 Å². The minimum absolute atomic E-state index is 0.0168. The van der Waals surface area contributed by atoms with Crippen LogP contribution in [-0.2, 0) is 0 Å². The van der Waals surface area contributed by atoms with Crippen LogP contribution in [0.4, 0.5) is 0 Å². The first-order valence-electron chi connectivity index (χ1n) is 6.71. The number of amides is 1. The number of hydrogen-bond acceptors (Lipinski definition) is 4. The summed E-state index contributed by atoms with van der Waals surface area (Å²) < 4.78 is 5.16. The molecule has 0 radical (unpaired) electrons. The predicted octanol–water partition coefficient (Wildman–Crippen LogP) is 1.30. The molecular formula is C14H21N3O2. The van der Waals surface area contributed by atoms with E-state index < -0.39 is 0 Å². The lowest BCUT2D eigenvalue weighted by Gasteiger charge is -2.27. The highest BCUT2D eigenvalue weighted by Gasteiger charge is 2.24. The van der Waals surface area contributed by atoms with Crippen molar-refractivity contribution in [3.63, 3.8) is 0 Å². The van der Waals surface area contributed by atoms with Crippen molar-refractivity contribution in [3.8, 4) is 5.88 Å². The third-order valence-electron chi connectivity index (χ3n) is 3.61. The molecule has 1 aromatic rings. The van der Waals surface area contributed by atoms with E-state index >= 15 is 0 Å². The van der Waals surface area contributed by atoms with Gasteiger partial charge in [0.25, 0.3) is 5.91 Å². The van der Waals surface area contributed by atoms with E-state index in [0.717, 1.165) is 32.4 Å². The number of aromatic nitrogens is 1. The van der Waals surface area contributed by atoms with Crippen LogP contribution in [0.1, 0.15) is 29.6 Å². The second-order valence-electron chi connectivity index (χ2n) is 4.81. The fraction of sp³-hybridized carbons (Fsp3) is 0.571. The molecule has 19 heavy (non-hydrogen) atoms. The summed E-state index contributed by atoms with van der Waals surface area (Å²) in [5.74, 6) is 0.378. The minimum Gasteiger partial charge on any atom is -0.480 e. The van der Waals surface area contributed by atoms with Gasteiger partial charge in [0.05, 0.1) is 7.11 Å². The van der Waals surface area contributed by atoms with E-state index in [9.17, 15) is 4.79 Å². The highest BCUT2D eigenvalue weighted by atomic mass is 16.5. The molecule has 1 N–H and O–H groups in total. The van der Waals surface area contributed by atoms with Crippen LogP contribution < -0.4 is 10.1 Å². The summed E-state index contributed by atoms with van der Waals surface area (Å²) in [4.78, 5) is 18.4. The molecule has 0 spiro atoms. The number of ether oxygens (including phenoxy) is 1. The Balaban J connectivity index is 2.13. The summed E-state index contributed by atoms with van der Waals surface area (Å²) in [5.41, 5.74) is 0.532. The van der Waals surface area contributed by atoms with E-state index in [0.29, 0.717) is 11.4 Å². The van der Waals surface area contributed by atoms with Gasteiger partial charge in [0.1, 0.15) is 5.56 Å². The molecule has 0 bridgehead atoms. The lowest BCUT2D eigenvalue weighted by atomic mass is 10.1. The van der Waals surface area contributed by atoms with Gasteiger partial charge in [-0.25, -0.2) is 4.98 Å². The van der Waals surface area contributed by atoms with Crippen LogP contribution in [0.5, 0.6) is 5.88 Å². The minimum atomic E-state index is -0.0168. The first kappa shape index (κ1) is 13.8. The van der Waals surface area contributed by atoms with Gasteiger partial charge in [-0.15, -0.1) is 0 Å². The Hall–Kier alpha value is -1.62. The third kappa shape index (κ3) is 3.23. The number of pyridine rings is 1. The molecule has 1 aliphatic heterocycles. The second kappa shape index (κ2) is 6.52. The molecule has 2 rings (SSSR count). The van der Waals surface area contributed by atoms with Gasteiger partial charge >= 0.3 is 0 Å². The van der Waals surface area contributed by atoms with Crippen LogP contribution in [0, 0.1) is 0 Å². The van der Waals surface area contributed by atoms with E-state index in [1.54, 1.807) is 18.3 Å². The molecule has 0 aromatic carbocycles. The van der Waals surface area contributed by atoms with E-state index in [-0.39, 0.29) is 11.9 Å². The molecule has 1 amide bonds. The molecule has 1 aromatic heterocycles. The zero-order valence-corrected chi connectivity index (χ0v) is 11.6. The van der Waals surface area contributed by atoms with Gasteiger partial charge in [-0.2, -0.15) is 0 Å². The first-order chi connectivity index (χ1) is 9.24. The Morgan fingerprint density at radius 3 is 3.11 bits per heavy atom. The second-order valence-corrected chi connectivity index (χ2v) is 4.81. The summed E-state index contributed by atoms with van der Waals surface area (Å²) in [6.45, 7) is 2.00. The Bertz CT molecular complexity index is 428. The molecule has 5 heteroatoms. The van der Waals surface area contributed by atoms with Crippen molar-refractivity contribution in [2.75, 3.05) is 27.2 Å². The van der Waals surface area contributed by atoms with Gasteiger partial charge in [0, 0.05) is 19.3 Å². The lowest BCUT2D eigenvalue weighted by molar-refractivity contribution is 0.0716. The van der Waals surface area contributed by atoms with Crippen LogP contribution in [0.25, 0.3) is 0 Å². The van der Waals surface area contributed by atoms with E-state index in [1.165, 1.54) is 7.11 Å². The normalized spacial score (nSPS) is 19.6. The van der Waals surface area contributed by atoms with Gasteiger partial charge in [-0.3, -0.25) is 4.79 Å². The molecule has 2 heterocycles. The van der Waals surface area contributed by atoms with Crippen molar-refractivity contribution in [2.24, 2.45) is 0 Å². The first-order valence-corrected chi connectivity index (χ1v) is 6.71. The zero-order chi connectivity index (χ0) is 13.7. The Kier molecular flexibility index (Phi) is 4.74. The predicted molar refractivity (Wildman–Crippen MR) is 73.4 cm³/mol. The van der Waals surface area contributed by atoms with Crippen molar-refractivity contribution in [1.29, 1.82) is 0 Å². The molecule has 1 atom stereocenters. The number of nitrogens with one attached hydrogen (secondary N) is 1. The Morgan fingerprint density at radius 1 is 1.47 bits per heavy atom. The highest BCUT2D eigenvalue weighted by Crippen LogP contribution is 2.19. The van der Waals surface area contributed by atoms with E-state index in [1.807, 2.05) is 11.9 Å². The standard InChI is InChI=1S/C14H21N3O2/c1-17(11-5-3-8-15-10-7-11)14(18)12-6-4-9-16-13(12)19-2/h4,6,9,11,15H,3,5,7-8,10H2,1-2H3. The van der Waals surface area contributed by atoms with Crippen LogP contribution >= 0.6 is 0 Å². The molecule has 104 valence electrons. The highest BCUT2D eigenvalue weighted by molar-refractivity contribution is 5.96. The summed E-state index contributed by atoms with van der Waals surface area (Å²) in [6.07, 6.45) is 4.76. The number of methoxy groups -OCH3 is 1. The third-order valence-corrected chi connectivity index (χ3v) is 3.61. The Morgan fingerprint density at radius 2 is 2.32 bits per heavy atom. The summed E-state index contributed by atoms with van der Waals surface area (Å²) in [7, 11) is 3.40. The molecule has 0 aliphatic carbocycles.